The zero-order valence-corrected chi connectivity index (χ0v) is 17.7. The molecule has 0 aliphatic heterocycles. The Bertz CT molecular complexity index is 1250. The molecule has 31 heavy (non-hydrogen) atoms. The van der Waals surface area contributed by atoms with Crippen LogP contribution in [0.15, 0.2) is 72.8 Å². The van der Waals surface area contributed by atoms with Crippen molar-refractivity contribution in [3.63, 3.8) is 0 Å². The molecule has 0 bridgehead atoms. The predicted molar refractivity (Wildman–Crippen MR) is 121 cm³/mol. The Morgan fingerprint density at radius 3 is 2.55 bits per heavy atom. The van der Waals surface area contributed by atoms with Gasteiger partial charge in [-0.15, -0.1) is 0 Å². The summed E-state index contributed by atoms with van der Waals surface area (Å²) in [5.41, 5.74) is 1.72. The molecule has 3 aromatic carbocycles. The third-order valence-electron chi connectivity index (χ3n) is 4.61. The van der Waals surface area contributed by atoms with E-state index < -0.39 is 6.04 Å². The number of hydrogen-bond donors (Lipinski definition) is 2. The molecular formula is C23H17ClFN3O2S. The second kappa shape index (κ2) is 9.24. The van der Waals surface area contributed by atoms with Gasteiger partial charge in [-0.1, -0.05) is 65.4 Å². The summed E-state index contributed by atoms with van der Waals surface area (Å²) in [7, 11) is 0. The Kier molecular flexibility index (Phi) is 6.25. The average Bonchev–Trinajstić information content (AvgIpc) is 3.15. The van der Waals surface area contributed by atoms with Gasteiger partial charge in [0.25, 0.3) is 5.91 Å². The average molecular weight is 454 g/mol. The molecule has 4 rings (SSSR count). The molecule has 0 aliphatic carbocycles. The van der Waals surface area contributed by atoms with Crippen molar-refractivity contribution < 1.29 is 14.0 Å². The van der Waals surface area contributed by atoms with E-state index in [-0.39, 0.29) is 24.1 Å². The highest BCUT2D eigenvalue weighted by atomic mass is 35.5. The largest absolute Gasteiger partial charge is 0.345 e. The smallest absolute Gasteiger partial charge is 0.253 e. The van der Waals surface area contributed by atoms with Gasteiger partial charge < -0.3 is 10.6 Å². The quantitative estimate of drug-likeness (QED) is 0.400. The van der Waals surface area contributed by atoms with Crippen molar-refractivity contribution in [1.29, 1.82) is 0 Å². The fraction of sp³-hybridized carbons (Fsp3) is 0.0870. The van der Waals surface area contributed by atoms with Crippen LogP contribution in [-0.2, 0) is 4.79 Å². The van der Waals surface area contributed by atoms with Gasteiger partial charge in [0.15, 0.2) is 5.13 Å². The summed E-state index contributed by atoms with van der Waals surface area (Å²) in [5, 5.41) is 6.34. The standard InChI is InChI=1S/C23H17ClFN3O2S/c24-17-9-5-4-8-16(17)22(30)26-19(14-6-2-1-3-7-14)13-21(29)28-23-27-18-11-10-15(25)12-20(18)31-23/h1-12,19H,13H2,(H,26,30)(H,27,28,29). The number of anilines is 1. The Morgan fingerprint density at radius 1 is 1.03 bits per heavy atom. The summed E-state index contributed by atoms with van der Waals surface area (Å²) in [6.07, 6.45) is -0.00943. The number of thiazole rings is 1. The predicted octanol–water partition coefficient (Wildman–Crippen LogP) is 5.59. The van der Waals surface area contributed by atoms with Gasteiger partial charge in [0.2, 0.25) is 5.91 Å². The van der Waals surface area contributed by atoms with Crippen molar-refractivity contribution in [3.8, 4) is 0 Å². The third-order valence-corrected chi connectivity index (χ3v) is 5.88. The number of carbonyl (C=O) groups is 2. The molecule has 2 amide bonds. The molecule has 1 heterocycles. The van der Waals surface area contributed by atoms with E-state index >= 15 is 0 Å². The maximum Gasteiger partial charge on any atom is 0.253 e. The van der Waals surface area contributed by atoms with E-state index in [9.17, 15) is 14.0 Å². The van der Waals surface area contributed by atoms with E-state index in [2.05, 4.69) is 15.6 Å². The van der Waals surface area contributed by atoms with Crippen LogP contribution in [0.4, 0.5) is 9.52 Å². The maximum atomic E-state index is 13.4. The van der Waals surface area contributed by atoms with Crippen molar-refractivity contribution in [2.24, 2.45) is 0 Å². The SMILES string of the molecule is O=C(CC(NC(=O)c1ccccc1Cl)c1ccccc1)Nc1nc2ccc(F)cc2s1. The summed E-state index contributed by atoms with van der Waals surface area (Å²) in [6.45, 7) is 0. The number of hydrogen-bond acceptors (Lipinski definition) is 4. The van der Waals surface area contributed by atoms with Crippen LogP contribution in [0.1, 0.15) is 28.4 Å². The first-order chi connectivity index (χ1) is 15.0. The van der Waals surface area contributed by atoms with Crippen molar-refractivity contribution in [2.75, 3.05) is 5.32 Å². The van der Waals surface area contributed by atoms with Gasteiger partial charge in [-0.25, -0.2) is 9.37 Å². The molecule has 0 radical (unpaired) electrons. The lowest BCUT2D eigenvalue weighted by atomic mass is 10.0. The van der Waals surface area contributed by atoms with Crippen LogP contribution in [0, 0.1) is 5.82 Å². The van der Waals surface area contributed by atoms with Crippen molar-refractivity contribution >= 4 is 50.1 Å². The number of halogens is 2. The van der Waals surface area contributed by atoms with Gasteiger partial charge in [0, 0.05) is 0 Å². The van der Waals surface area contributed by atoms with Gasteiger partial charge >= 0.3 is 0 Å². The monoisotopic (exact) mass is 453 g/mol. The fourth-order valence-electron chi connectivity index (χ4n) is 3.13. The normalized spacial score (nSPS) is 11.8. The molecule has 1 aromatic heterocycles. The van der Waals surface area contributed by atoms with Gasteiger partial charge in [-0.2, -0.15) is 0 Å². The molecule has 0 spiro atoms. The molecular weight excluding hydrogens is 437 g/mol. The highest BCUT2D eigenvalue weighted by Gasteiger charge is 2.21. The van der Waals surface area contributed by atoms with E-state index in [0.717, 1.165) is 5.56 Å². The van der Waals surface area contributed by atoms with E-state index in [1.54, 1.807) is 30.3 Å². The van der Waals surface area contributed by atoms with Crippen molar-refractivity contribution in [2.45, 2.75) is 12.5 Å². The second-order valence-corrected chi connectivity index (χ2v) is 8.24. The fourth-order valence-corrected chi connectivity index (χ4v) is 4.26. The number of rotatable bonds is 6. The van der Waals surface area contributed by atoms with Crippen LogP contribution in [-0.4, -0.2) is 16.8 Å². The van der Waals surface area contributed by atoms with E-state index in [1.165, 1.54) is 23.5 Å². The summed E-state index contributed by atoms with van der Waals surface area (Å²) in [6, 6.07) is 19.6. The van der Waals surface area contributed by atoms with Gasteiger partial charge in [-0.3, -0.25) is 9.59 Å². The molecule has 4 aromatic rings. The summed E-state index contributed by atoms with van der Waals surface area (Å²) in [5.74, 6) is -1.06. The highest BCUT2D eigenvalue weighted by molar-refractivity contribution is 7.22. The van der Waals surface area contributed by atoms with Crippen LogP contribution < -0.4 is 10.6 Å². The number of nitrogens with one attached hydrogen (secondary N) is 2. The molecule has 5 nitrogen and oxygen atoms in total. The minimum Gasteiger partial charge on any atom is -0.345 e. The highest BCUT2D eigenvalue weighted by Crippen LogP contribution is 2.27. The molecule has 2 N–H and O–H groups in total. The number of nitrogens with zero attached hydrogens (tertiary/aromatic N) is 1. The maximum absolute atomic E-state index is 13.4. The molecule has 156 valence electrons. The summed E-state index contributed by atoms with van der Waals surface area (Å²) < 4.78 is 14.0. The van der Waals surface area contributed by atoms with Crippen molar-refractivity contribution in [3.05, 3.63) is 94.8 Å². The Hall–Kier alpha value is -3.29. The van der Waals surface area contributed by atoms with Gasteiger partial charge in [0.1, 0.15) is 5.82 Å². The van der Waals surface area contributed by atoms with Crippen LogP contribution >= 0.6 is 22.9 Å². The zero-order chi connectivity index (χ0) is 21.8. The number of amides is 2. The molecule has 0 aliphatic rings. The number of aromatic nitrogens is 1. The zero-order valence-electron chi connectivity index (χ0n) is 16.1. The van der Waals surface area contributed by atoms with Crippen LogP contribution in [0.25, 0.3) is 10.2 Å². The van der Waals surface area contributed by atoms with Gasteiger partial charge in [-0.05, 0) is 35.9 Å². The van der Waals surface area contributed by atoms with Crippen LogP contribution in [0.2, 0.25) is 5.02 Å². The van der Waals surface area contributed by atoms with E-state index in [1.807, 2.05) is 30.3 Å². The van der Waals surface area contributed by atoms with E-state index in [4.69, 9.17) is 11.6 Å². The molecule has 8 heteroatoms. The van der Waals surface area contributed by atoms with Crippen LogP contribution in [0.3, 0.4) is 0 Å². The third kappa shape index (κ3) is 5.07. The minimum atomic E-state index is -0.572. The lowest BCUT2D eigenvalue weighted by Gasteiger charge is -2.19. The molecule has 1 atom stereocenters. The first-order valence-electron chi connectivity index (χ1n) is 9.46. The first kappa shape index (κ1) is 21.0. The number of benzene rings is 3. The lowest BCUT2D eigenvalue weighted by Crippen LogP contribution is -2.31. The lowest BCUT2D eigenvalue weighted by molar-refractivity contribution is -0.116. The molecule has 0 fully saturated rings. The molecule has 0 saturated carbocycles. The Labute approximate surface area is 186 Å². The molecule has 1 unspecified atom stereocenters. The Balaban J connectivity index is 1.52. The summed E-state index contributed by atoms with van der Waals surface area (Å²) >= 11 is 7.33. The van der Waals surface area contributed by atoms with Gasteiger partial charge in [0.05, 0.1) is 33.3 Å². The van der Waals surface area contributed by atoms with Crippen molar-refractivity contribution in [1.82, 2.24) is 10.3 Å². The number of fused-ring (bicyclic) bond motifs is 1. The summed E-state index contributed by atoms with van der Waals surface area (Å²) in [4.78, 5) is 29.8. The first-order valence-corrected chi connectivity index (χ1v) is 10.7. The Morgan fingerprint density at radius 2 is 1.77 bits per heavy atom. The topological polar surface area (TPSA) is 71.1 Å². The van der Waals surface area contributed by atoms with Crippen LogP contribution in [0.5, 0.6) is 0 Å². The minimum absolute atomic E-state index is 0.00943. The molecule has 0 saturated heterocycles. The second-order valence-electron chi connectivity index (χ2n) is 6.80. The van der Waals surface area contributed by atoms with E-state index in [0.29, 0.717) is 25.9 Å². The number of carbonyl (C=O) groups excluding carboxylic acids is 2.